The van der Waals surface area contributed by atoms with Crippen LogP contribution in [-0.4, -0.2) is 71.2 Å². The SMILES string of the molecule is CN(CCCc1cnn(C)c1)C(=O)[C@H]1CNC[C@H](C(=O)N2CCCC2)C1. The summed E-state index contributed by atoms with van der Waals surface area (Å²) in [5, 5.41) is 7.48. The molecule has 2 fully saturated rings. The molecular formula is C19H31N5O2. The Hall–Kier alpha value is -1.89. The fraction of sp³-hybridized carbons (Fsp3) is 0.737. The minimum absolute atomic E-state index is 0.0559. The van der Waals surface area contributed by atoms with Crippen LogP contribution in [0.5, 0.6) is 0 Å². The van der Waals surface area contributed by atoms with E-state index < -0.39 is 0 Å². The van der Waals surface area contributed by atoms with Gasteiger partial charge >= 0.3 is 0 Å². The fourth-order valence-corrected chi connectivity index (χ4v) is 4.06. The van der Waals surface area contributed by atoms with E-state index in [1.54, 1.807) is 4.68 Å². The molecule has 7 nitrogen and oxygen atoms in total. The van der Waals surface area contributed by atoms with Crippen molar-refractivity contribution in [2.75, 3.05) is 39.8 Å². The van der Waals surface area contributed by atoms with Gasteiger partial charge in [0.2, 0.25) is 11.8 Å². The molecule has 0 radical (unpaired) electrons. The number of carbonyl (C=O) groups is 2. The van der Waals surface area contributed by atoms with Crippen molar-refractivity contribution in [3.8, 4) is 0 Å². The van der Waals surface area contributed by atoms with Crippen LogP contribution in [0.15, 0.2) is 12.4 Å². The van der Waals surface area contributed by atoms with E-state index in [0.717, 1.165) is 45.3 Å². The van der Waals surface area contributed by atoms with E-state index in [4.69, 9.17) is 0 Å². The molecule has 1 aromatic heterocycles. The number of nitrogens with zero attached hydrogens (tertiary/aromatic N) is 4. The molecule has 3 rings (SSSR count). The number of hydrogen-bond acceptors (Lipinski definition) is 4. The van der Waals surface area contributed by atoms with Crippen LogP contribution < -0.4 is 5.32 Å². The van der Waals surface area contributed by atoms with Crippen LogP contribution in [0.3, 0.4) is 0 Å². The molecule has 0 spiro atoms. The van der Waals surface area contributed by atoms with Crippen molar-refractivity contribution in [1.29, 1.82) is 0 Å². The highest BCUT2D eigenvalue weighted by molar-refractivity contribution is 5.83. The van der Waals surface area contributed by atoms with Crippen molar-refractivity contribution in [1.82, 2.24) is 24.9 Å². The second kappa shape index (κ2) is 8.66. The van der Waals surface area contributed by atoms with E-state index in [2.05, 4.69) is 10.4 Å². The molecule has 0 aliphatic carbocycles. The summed E-state index contributed by atoms with van der Waals surface area (Å²) in [6, 6.07) is 0. The molecule has 2 atom stereocenters. The van der Waals surface area contributed by atoms with E-state index in [-0.39, 0.29) is 23.7 Å². The van der Waals surface area contributed by atoms with Crippen molar-refractivity contribution < 1.29 is 9.59 Å². The molecule has 3 heterocycles. The third-order valence-corrected chi connectivity index (χ3v) is 5.56. The van der Waals surface area contributed by atoms with Gasteiger partial charge in [-0.3, -0.25) is 14.3 Å². The molecule has 0 saturated carbocycles. The van der Waals surface area contributed by atoms with Gasteiger partial charge in [0.05, 0.1) is 18.0 Å². The second-order valence-corrected chi connectivity index (χ2v) is 7.71. The van der Waals surface area contributed by atoms with Crippen LogP contribution in [0.25, 0.3) is 0 Å². The van der Waals surface area contributed by atoms with Crippen molar-refractivity contribution in [2.24, 2.45) is 18.9 Å². The number of aromatic nitrogens is 2. The van der Waals surface area contributed by atoms with E-state index in [0.29, 0.717) is 19.5 Å². The molecule has 2 aliphatic rings. The first-order valence-electron chi connectivity index (χ1n) is 9.76. The summed E-state index contributed by atoms with van der Waals surface area (Å²) >= 11 is 0. The van der Waals surface area contributed by atoms with Crippen molar-refractivity contribution >= 4 is 11.8 Å². The summed E-state index contributed by atoms with van der Waals surface area (Å²) in [4.78, 5) is 29.2. The van der Waals surface area contributed by atoms with Crippen molar-refractivity contribution in [2.45, 2.75) is 32.1 Å². The zero-order valence-corrected chi connectivity index (χ0v) is 16.0. The van der Waals surface area contributed by atoms with Crippen LogP contribution in [0.4, 0.5) is 0 Å². The van der Waals surface area contributed by atoms with Gasteiger partial charge in [0.15, 0.2) is 0 Å². The van der Waals surface area contributed by atoms with Crippen LogP contribution in [0.2, 0.25) is 0 Å². The number of hydrogen-bond donors (Lipinski definition) is 1. The number of piperidine rings is 1. The molecule has 0 aromatic carbocycles. The van der Waals surface area contributed by atoms with Crippen LogP contribution >= 0.6 is 0 Å². The molecule has 2 aliphatic heterocycles. The predicted molar refractivity (Wildman–Crippen MR) is 99.4 cm³/mol. The third kappa shape index (κ3) is 4.63. The average molecular weight is 361 g/mol. The van der Waals surface area contributed by atoms with Gasteiger partial charge in [-0.2, -0.15) is 5.10 Å². The number of aryl methyl sites for hydroxylation is 2. The van der Waals surface area contributed by atoms with Crippen LogP contribution in [-0.2, 0) is 23.1 Å². The zero-order chi connectivity index (χ0) is 18.5. The summed E-state index contributed by atoms with van der Waals surface area (Å²) in [5.74, 6) is 0.234. The third-order valence-electron chi connectivity index (χ3n) is 5.56. The lowest BCUT2D eigenvalue weighted by Crippen LogP contribution is -2.49. The lowest BCUT2D eigenvalue weighted by molar-refractivity contribution is -0.139. The topological polar surface area (TPSA) is 70.5 Å². The number of rotatable bonds is 6. The maximum atomic E-state index is 12.8. The Morgan fingerprint density at radius 2 is 2.00 bits per heavy atom. The monoisotopic (exact) mass is 361 g/mol. The van der Waals surface area contributed by atoms with E-state index in [1.807, 2.05) is 36.3 Å². The average Bonchev–Trinajstić information content (AvgIpc) is 3.32. The van der Waals surface area contributed by atoms with E-state index in [9.17, 15) is 9.59 Å². The number of nitrogens with one attached hydrogen (secondary N) is 1. The maximum Gasteiger partial charge on any atom is 0.226 e. The Morgan fingerprint density at radius 1 is 1.27 bits per heavy atom. The van der Waals surface area contributed by atoms with Crippen LogP contribution in [0, 0.1) is 11.8 Å². The first kappa shape index (κ1) is 18.9. The molecule has 144 valence electrons. The van der Waals surface area contributed by atoms with Gasteiger partial charge in [-0.1, -0.05) is 0 Å². The van der Waals surface area contributed by atoms with Crippen molar-refractivity contribution in [3.05, 3.63) is 18.0 Å². The molecule has 1 aromatic rings. The summed E-state index contributed by atoms with van der Waals surface area (Å²) < 4.78 is 1.80. The largest absolute Gasteiger partial charge is 0.345 e. The van der Waals surface area contributed by atoms with Gasteiger partial charge in [-0.05, 0) is 37.7 Å². The summed E-state index contributed by atoms with van der Waals surface area (Å²) in [7, 11) is 3.78. The molecule has 1 N–H and O–H groups in total. The number of likely N-dealkylation sites (tertiary alicyclic amines) is 1. The number of amides is 2. The minimum atomic E-state index is -0.0938. The van der Waals surface area contributed by atoms with Gasteiger partial charge in [0.25, 0.3) is 0 Å². The van der Waals surface area contributed by atoms with E-state index >= 15 is 0 Å². The van der Waals surface area contributed by atoms with Gasteiger partial charge in [0, 0.05) is 53.0 Å². The summed E-state index contributed by atoms with van der Waals surface area (Å²) in [6.07, 6.45) is 8.62. The maximum absolute atomic E-state index is 12.8. The quantitative estimate of drug-likeness (QED) is 0.808. The first-order chi connectivity index (χ1) is 12.5. The van der Waals surface area contributed by atoms with Gasteiger partial charge in [-0.25, -0.2) is 0 Å². The van der Waals surface area contributed by atoms with Gasteiger partial charge < -0.3 is 15.1 Å². The second-order valence-electron chi connectivity index (χ2n) is 7.71. The molecule has 2 amide bonds. The Balaban J connectivity index is 1.45. The number of carbonyl (C=O) groups excluding carboxylic acids is 2. The lowest BCUT2D eigenvalue weighted by Gasteiger charge is -2.33. The molecule has 0 bridgehead atoms. The minimum Gasteiger partial charge on any atom is -0.345 e. The smallest absolute Gasteiger partial charge is 0.226 e. The highest BCUT2D eigenvalue weighted by Gasteiger charge is 2.34. The summed E-state index contributed by atoms with van der Waals surface area (Å²) in [5.41, 5.74) is 1.20. The molecule has 7 heteroatoms. The Labute approximate surface area is 155 Å². The first-order valence-corrected chi connectivity index (χ1v) is 9.76. The molecule has 0 unspecified atom stereocenters. The van der Waals surface area contributed by atoms with Gasteiger partial charge in [0.1, 0.15) is 0 Å². The Kier molecular flexibility index (Phi) is 6.29. The van der Waals surface area contributed by atoms with Crippen LogP contribution in [0.1, 0.15) is 31.2 Å². The standard InChI is InChI=1S/C19H31N5O2/c1-22(7-5-6-15-11-21-23(2)14-15)18(25)16-10-17(13-20-12-16)19(26)24-8-3-4-9-24/h11,14,16-17,20H,3-10,12-13H2,1-2H3/t16-,17-/m1/s1. The highest BCUT2D eigenvalue weighted by Crippen LogP contribution is 2.22. The molecule has 2 saturated heterocycles. The van der Waals surface area contributed by atoms with E-state index in [1.165, 1.54) is 5.56 Å². The normalized spacial score (nSPS) is 23.2. The Bertz CT molecular complexity index is 623. The van der Waals surface area contributed by atoms with Crippen molar-refractivity contribution in [3.63, 3.8) is 0 Å². The Morgan fingerprint density at radius 3 is 2.69 bits per heavy atom. The molecular weight excluding hydrogens is 330 g/mol. The lowest BCUT2D eigenvalue weighted by atomic mass is 9.88. The summed E-state index contributed by atoms with van der Waals surface area (Å²) in [6.45, 7) is 3.86. The van der Waals surface area contributed by atoms with Gasteiger partial charge in [-0.15, -0.1) is 0 Å². The predicted octanol–water partition coefficient (Wildman–Crippen LogP) is 0.659. The fourth-order valence-electron chi connectivity index (χ4n) is 4.06. The molecule has 26 heavy (non-hydrogen) atoms. The highest BCUT2D eigenvalue weighted by atomic mass is 16.2. The zero-order valence-electron chi connectivity index (χ0n) is 16.0.